The van der Waals surface area contributed by atoms with Gasteiger partial charge in [-0.2, -0.15) is 0 Å². The van der Waals surface area contributed by atoms with Crippen LogP contribution in [0, 0.1) is 16.7 Å². The van der Waals surface area contributed by atoms with Crippen LogP contribution in [-0.2, 0) is 0 Å². The van der Waals surface area contributed by atoms with Crippen molar-refractivity contribution in [1.82, 2.24) is 0 Å². The van der Waals surface area contributed by atoms with Gasteiger partial charge in [-0.25, -0.2) is 0 Å². The lowest BCUT2D eigenvalue weighted by atomic mass is 9.60. The van der Waals surface area contributed by atoms with Crippen LogP contribution >= 0.6 is 0 Å². The van der Waals surface area contributed by atoms with E-state index >= 15 is 0 Å². The molecule has 0 aliphatic heterocycles. The molecule has 0 fully saturated rings. The lowest BCUT2D eigenvalue weighted by molar-refractivity contribution is 0.116. The first-order valence-electron chi connectivity index (χ1n) is 6.43. The van der Waals surface area contributed by atoms with Crippen molar-refractivity contribution in [3.8, 4) is 0 Å². The van der Waals surface area contributed by atoms with E-state index in [-0.39, 0.29) is 5.41 Å². The molecule has 0 spiro atoms. The molecule has 0 saturated heterocycles. The lowest BCUT2D eigenvalue weighted by Gasteiger charge is -2.44. The molecule has 0 bridgehead atoms. The van der Waals surface area contributed by atoms with Crippen LogP contribution in [0.5, 0.6) is 0 Å². The third-order valence-electron chi connectivity index (χ3n) is 4.35. The van der Waals surface area contributed by atoms with Gasteiger partial charge in [-0.1, -0.05) is 59.8 Å². The van der Waals surface area contributed by atoms with Crippen molar-refractivity contribution in [2.24, 2.45) is 16.7 Å². The minimum atomic E-state index is 0.235. The second-order valence-electron chi connectivity index (χ2n) is 6.34. The number of rotatable bonds is 4. The molecule has 0 heterocycles. The molecule has 0 aliphatic rings. The van der Waals surface area contributed by atoms with Crippen LogP contribution < -0.4 is 0 Å². The van der Waals surface area contributed by atoms with Crippen molar-refractivity contribution in [3.63, 3.8) is 0 Å². The first-order valence-corrected chi connectivity index (χ1v) is 6.43. The minimum absolute atomic E-state index is 0.235. The maximum Gasteiger partial charge on any atom is -0.00482 e. The summed E-state index contributed by atoms with van der Waals surface area (Å²) in [6.07, 6.45) is 3.41. The van der Waals surface area contributed by atoms with E-state index in [2.05, 4.69) is 68.0 Å². The zero-order valence-electron chi connectivity index (χ0n) is 12.6. The highest BCUT2D eigenvalue weighted by molar-refractivity contribution is 5.33. The van der Waals surface area contributed by atoms with Crippen molar-refractivity contribution in [2.45, 2.75) is 61.8 Å². The van der Waals surface area contributed by atoms with Crippen LogP contribution in [0.2, 0.25) is 0 Å². The Morgan fingerprint density at radius 2 is 1.69 bits per heavy atom. The molecule has 0 nitrogen and oxygen atoms in total. The maximum atomic E-state index is 4.14. The van der Waals surface area contributed by atoms with Gasteiger partial charge in [0.1, 0.15) is 0 Å². The number of allylic oxidation sites excluding steroid dienone is 3. The van der Waals surface area contributed by atoms with Crippen molar-refractivity contribution >= 4 is 0 Å². The lowest BCUT2D eigenvalue weighted by Crippen LogP contribution is -2.36. The van der Waals surface area contributed by atoms with Crippen molar-refractivity contribution in [3.05, 3.63) is 23.8 Å². The zero-order valence-corrected chi connectivity index (χ0v) is 12.6. The Balaban J connectivity index is 5.44. The molecule has 2 unspecified atom stereocenters. The summed E-state index contributed by atoms with van der Waals surface area (Å²) in [4.78, 5) is 0. The highest BCUT2D eigenvalue weighted by Crippen LogP contribution is 2.48. The van der Waals surface area contributed by atoms with E-state index in [0.29, 0.717) is 11.3 Å². The monoisotopic (exact) mass is 222 g/mol. The molecule has 94 valence electrons. The van der Waals surface area contributed by atoms with Crippen molar-refractivity contribution in [2.75, 3.05) is 0 Å². The Morgan fingerprint density at radius 1 is 1.25 bits per heavy atom. The van der Waals surface area contributed by atoms with E-state index in [1.807, 2.05) is 0 Å². The average molecular weight is 222 g/mol. The summed E-state index contributed by atoms with van der Waals surface area (Å²) in [7, 11) is 0. The second kappa shape index (κ2) is 5.21. The summed E-state index contributed by atoms with van der Waals surface area (Å²) in [6, 6.07) is 0. The van der Waals surface area contributed by atoms with Crippen LogP contribution in [0.3, 0.4) is 0 Å². The quantitative estimate of drug-likeness (QED) is 0.542. The molecular formula is C16H30. The molecule has 0 aromatic rings. The Hall–Kier alpha value is -0.520. The van der Waals surface area contributed by atoms with Crippen LogP contribution in [0.4, 0.5) is 0 Å². The molecule has 0 aliphatic carbocycles. The fourth-order valence-electron chi connectivity index (χ4n) is 2.75. The molecule has 0 heteroatoms. The van der Waals surface area contributed by atoms with Gasteiger partial charge < -0.3 is 0 Å². The first-order chi connectivity index (χ1) is 7.11. The van der Waals surface area contributed by atoms with Gasteiger partial charge in [0.25, 0.3) is 0 Å². The van der Waals surface area contributed by atoms with Gasteiger partial charge in [0, 0.05) is 0 Å². The van der Waals surface area contributed by atoms with Gasteiger partial charge >= 0.3 is 0 Å². The largest absolute Gasteiger partial charge is 0.0958 e. The van der Waals surface area contributed by atoms with Crippen LogP contribution in [0.25, 0.3) is 0 Å². The van der Waals surface area contributed by atoms with Gasteiger partial charge in [-0.05, 0) is 42.6 Å². The van der Waals surface area contributed by atoms with Gasteiger partial charge in [-0.3, -0.25) is 0 Å². The third kappa shape index (κ3) is 2.99. The molecule has 16 heavy (non-hydrogen) atoms. The first kappa shape index (κ1) is 15.5. The topological polar surface area (TPSA) is 0 Å². The molecule has 0 aromatic heterocycles. The van der Waals surface area contributed by atoms with E-state index in [0.717, 1.165) is 6.42 Å². The second-order valence-corrected chi connectivity index (χ2v) is 6.34. The standard InChI is InChI=1S/C16H30/c1-10-14(12(3)4)16(9,11-2)13(5)15(6,7)8/h10,13H,3,11H2,1-2,4-9H3/b14-10+. The van der Waals surface area contributed by atoms with Gasteiger partial charge in [0.05, 0.1) is 0 Å². The fraction of sp³-hybridized carbons (Fsp3) is 0.750. The Kier molecular flexibility index (Phi) is 5.04. The summed E-state index contributed by atoms with van der Waals surface area (Å²) in [5.41, 5.74) is 3.20. The molecule has 0 N–H and O–H groups in total. The summed E-state index contributed by atoms with van der Waals surface area (Å²) in [5, 5.41) is 0. The maximum absolute atomic E-state index is 4.14. The zero-order chi connectivity index (χ0) is 13.1. The average Bonchev–Trinajstić information content (AvgIpc) is 2.15. The minimum Gasteiger partial charge on any atom is -0.0958 e. The van der Waals surface area contributed by atoms with Crippen LogP contribution in [0.15, 0.2) is 23.8 Å². The van der Waals surface area contributed by atoms with Crippen molar-refractivity contribution < 1.29 is 0 Å². The normalized spacial score (nSPS) is 19.1. The third-order valence-corrected chi connectivity index (χ3v) is 4.35. The number of hydrogen-bond donors (Lipinski definition) is 0. The fourth-order valence-corrected chi connectivity index (χ4v) is 2.75. The molecule has 2 atom stereocenters. The smallest absolute Gasteiger partial charge is 0.00482 e. The Morgan fingerprint density at radius 3 is 1.88 bits per heavy atom. The predicted molar refractivity (Wildman–Crippen MR) is 75.6 cm³/mol. The van der Waals surface area contributed by atoms with E-state index in [9.17, 15) is 0 Å². The Labute approximate surface area is 103 Å². The molecule has 0 saturated carbocycles. The highest BCUT2D eigenvalue weighted by Gasteiger charge is 2.39. The van der Waals surface area contributed by atoms with E-state index in [1.165, 1.54) is 11.1 Å². The molecule has 0 radical (unpaired) electrons. The SMILES string of the molecule is C=C(C)/C(=C\C)C(C)(CC)C(C)C(C)(C)C. The molecule has 0 amide bonds. The van der Waals surface area contributed by atoms with Gasteiger partial charge in [0.2, 0.25) is 0 Å². The molecule has 0 rings (SSSR count). The summed E-state index contributed by atoms with van der Waals surface area (Å²) in [5.74, 6) is 0.632. The molecular weight excluding hydrogens is 192 g/mol. The molecule has 0 aromatic carbocycles. The van der Waals surface area contributed by atoms with Crippen LogP contribution in [0.1, 0.15) is 61.8 Å². The summed E-state index contributed by atoms with van der Waals surface area (Å²) in [6.45, 7) is 22.4. The number of hydrogen-bond acceptors (Lipinski definition) is 0. The van der Waals surface area contributed by atoms with Crippen LogP contribution in [-0.4, -0.2) is 0 Å². The summed E-state index contributed by atoms with van der Waals surface area (Å²) >= 11 is 0. The Bertz CT molecular complexity index is 275. The van der Waals surface area contributed by atoms with E-state index in [4.69, 9.17) is 0 Å². The van der Waals surface area contributed by atoms with E-state index < -0.39 is 0 Å². The summed E-state index contributed by atoms with van der Waals surface area (Å²) < 4.78 is 0. The predicted octanol–water partition coefficient (Wildman–Crippen LogP) is 5.61. The van der Waals surface area contributed by atoms with E-state index in [1.54, 1.807) is 0 Å². The van der Waals surface area contributed by atoms with Gasteiger partial charge in [-0.15, -0.1) is 0 Å². The van der Waals surface area contributed by atoms with Crippen molar-refractivity contribution in [1.29, 1.82) is 0 Å². The highest BCUT2D eigenvalue weighted by atomic mass is 14.4. The van der Waals surface area contributed by atoms with Gasteiger partial charge in [0.15, 0.2) is 0 Å².